The fraction of sp³-hybridized carbons (Fsp3) is 0.353. The van der Waals surface area contributed by atoms with E-state index in [1.54, 1.807) is 10.9 Å². The van der Waals surface area contributed by atoms with Gasteiger partial charge in [0.25, 0.3) is 0 Å². The second-order valence-electron chi connectivity index (χ2n) is 6.39. The van der Waals surface area contributed by atoms with Crippen LogP contribution in [0.5, 0.6) is 0 Å². The van der Waals surface area contributed by atoms with Crippen molar-refractivity contribution in [1.82, 2.24) is 35.1 Å². The Kier molecular flexibility index (Phi) is 4.11. The number of ether oxygens (including phenoxy) is 1. The molecule has 1 saturated heterocycles. The summed E-state index contributed by atoms with van der Waals surface area (Å²) in [4.78, 5) is 11.5. The van der Waals surface area contributed by atoms with Crippen LogP contribution in [0.25, 0.3) is 17.1 Å². The first-order valence-corrected chi connectivity index (χ1v) is 8.95. The number of tetrazole rings is 1. The Morgan fingerprint density at radius 1 is 1.19 bits per heavy atom. The normalized spacial score (nSPS) is 15.9. The van der Waals surface area contributed by atoms with Crippen LogP contribution in [0.1, 0.15) is 0 Å². The first kappa shape index (κ1) is 16.1. The van der Waals surface area contributed by atoms with Crippen LogP contribution < -0.4 is 10.6 Å². The van der Waals surface area contributed by atoms with Crippen molar-refractivity contribution in [3.05, 3.63) is 30.5 Å². The molecular formula is C17H19N9O. The summed E-state index contributed by atoms with van der Waals surface area (Å²) in [5.74, 6) is 1.87. The van der Waals surface area contributed by atoms with Gasteiger partial charge in [0.1, 0.15) is 5.82 Å². The van der Waals surface area contributed by atoms with E-state index in [1.165, 1.54) is 0 Å². The van der Waals surface area contributed by atoms with E-state index in [0.29, 0.717) is 17.6 Å². The number of fused-ring (bicyclic) bond motifs is 5. The fourth-order valence-corrected chi connectivity index (χ4v) is 3.29. The lowest BCUT2D eigenvalue weighted by atomic mass is 10.2. The van der Waals surface area contributed by atoms with Crippen molar-refractivity contribution >= 4 is 17.5 Å². The molecule has 0 saturated carbocycles. The number of aromatic nitrogens is 6. The van der Waals surface area contributed by atoms with E-state index in [9.17, 15) is 0 Å². The van der Waals surface area contributed by atoms with Crippen LogP contribution in [-0.4, -0.2) is 74.5 Å². The van der Waals surface area contributed by atoms with Crippen LogP contribution in [0.2, 0.25) is 0 Å². The van der Waals surface area contributed by atoms with Gasteiger partial charge in [-0.1, -0.05) is 12.1 Å². The second-order valence-corrected chi connectivity index (χ2v) is 6.39. The van der Waals surface area contributed by atoms with Gasteiger partial charge in [-0.15, -0.1) is 5.10 Å². The molecule has 0 bridgehead atoms. The zero-order valence-electron chi connectivity index (χ0n) is 14.7. The van der Waals surface area contributed by atoms with Crippen molar-refractivity contribution in [3.63, 3.8) is 0 Å². The summed E-state index contributed by atoms with van der Waals surface area (Å²) >= 11 is 0. The summed E-state index contributed by atoms with van der Waals surface area (Å²) in [7, 11) is 0. The van der Waals surface area contributed by atoms with Gasteiger partial charge in [0.15, 0.2) is 5.82 Å². The van der Waals surface area contributed by atoms with E-state index in [0.717, 1.165) is 56.3 Å². The van der Waals surface area contributed by atoms with Crippen LogP contribution in [-0.2, 0) is 4.74 Å². The van der Waals surface area contributed by atoms with E-state index < -0.39 is 0 Å². The molecule has 2 aliphatic rings. The highest BCUT2D eigenvalue weighted by atomic mass is 16.5. The number of nitrogens with one attached hydrogen (secondary N) is 2. The Labute approximate surface area is 155 Å². The smallest absolute Gasteiger partial charge is 0.224 e. The maximum absolute atomic E-state index is 5.38. The van der Waals surface area contributed by atoms with Gasteiger partial charge in [-0.2, -0.15) is 9.67 Å². The molecule has 27 heavy (non-hydrogen) atoms. The number of hydrogen-bond acceptors (Lipinski definition) is 9. The molecule has 0 aliphatic carbocycles. The summed E-state index contributed by atoms with van der Waals surface area (Å²) in [6, 6.07) is 7.85. The molecule has 2 aliphatic heterocycles. The molecule has 0 amide bonds. The highest BCUT2D eigenvalue weighted by molar-refractivity contribution is 5.81. The van der Waals surface area contributed by atoms with Crippen molar-refractivity contribution in [2.75, 3.05) is 50.0 Å². The molecule has 0 radical (unpaired) electrons. The molecule has 3 aromatic rings. The highest BCUT2D eigenvalue weighted by Crippen LogP contribution is 2.35. The lowest BCUT2D eigenvalue weighted by Gasteiger charge is -2.26. The van der Waals surface area contributed by atoms with Crippen molar-refractivity contribution in [2.24, 2.45) is 0 Å². The van der Waals surface area contributed by atoms with Crippen LogP contribution in [0.4, 0.5) is 17.5 Å². The number of benzene rings is 1. The fourth-order valence-electron chi connectivity index (χ4n) is 3.29. The lowest BCUT2D eigenvalue weighted by molar-refractivity contribution is 0.0398. The van der Waals surface area contributed by atoms with Crippen molar-refractivity contribution in [3.8, 4) is 17.1 Å². The molecule has 10 heteroatoms. The maximum atomic E-state index is 5.38. The van der Waals surface area contributed by atoms with Gasteiger partial charge in [-0.3, -0.25) is 4.90 Å². The minimum Gasteiger partial charge on any atom is -0.379 e. The maximum Gasteiger partial charge on any atom is 0.224 e. The number of hydrogen-bond donors (Lipinski definition) is 2. The Bertz CT molecular complexity index is 951. The van der Waals surface area contributed by atoms with E-state index >= 15 is 0 Å². The molecule has 1 fully saturated rings. The van der Waals surface area contributed by atoms with E-state index in [1.807, 2.05) is 24.3 Å². The summed E-state index contributed by atoms with van der Waals surface area (Å²) in [5, 5.41) is 18.7. The van der Waals surface area contributed by atoms with Gasteiger partial charge >= 0.3 is 0 Å². The van der Waals surface area contributed by atoms with Gasteiger partial charge in [-0.25, -0.2) is 4.98 Å². The molecule has 0 spiro atoms. The SMILES string of the molecule is c1ccc2c(c1)Nc1nc(NCCN3CCOCC3)ncc1-c1nnnn1-2. The molecule has 2 aromatic heterocycles. The molecule has 138 valence electrons. The summed E-state index contributed by atoms with van der Waals surface area (Å²) in [5.41, 5.74) is 2.52. The quantitative estimate of drug-likeness (QED) is 0.546. The molecule has 2 N–H and O–H groups in total. The number of nitrogens with zero attached hydrogens (tertiary/aromatic N) is 7. The summed E-state index contributed by atoms with van der Waals surface area (Å²) in [6.07, 6.45) is 1.75. The van der Waals surface area contributed by atoms with E-state index in [-0.39, 0.29) is 0 Å². The van der Waals surface area contributed by atoms with Gasteiger partial charge in [-0.05, 0) is 22.6 Å². The van der Waals surface area contributed by atoms with Gasteiger partial charge in [0, 0.05) is 32.4 Å². The van der Waals surface area contributed by atoms with Crippen LogP contribution in [0.3, 0.4) is 0 Å². The highest BCUT2D eigenvalue weighted by Gasteiger charge is 2.23. The van der Waals surface area contributed by atoms with Crippen LogP contribution in [0, 0.1) is 0 Å². The third kappa shape index (κ3) is 3.09. The summed E-state index contributed by atoms with van der Waals surface area (Å²) in [6.45, 7) is 5.23. The number of para-hydroxylation sites is 2. The molecule has 1 aromatic carbocycles. The predicted octanol–water partition coefficient (Wildman–Crippen LogP) is 0.920. The Morgan fingerprint density at radius 3 is 3.00 bits per heavy atom. The molecular weight excluding hydrogens is 346 g/mol. The molecule has 0 unspecified atom stereocenters. The first-order chi connectivity index (χ1) is 13.4. The Morgan fingerprint density at radius 2 is 2.07 bits per heavy atom. The minimum absolute atomic E-state index is 0.577. The largest absolute Gasteiger partial charge is 0.379 e. The lowest BCUT2D eigenvalue weighted by Crippen LogP contribution is -2.39. The molecule has 0 atom stereocenters. The molecule has 5 rings (SSSR count). The topological polar surface area (TPSA) is 106 Å². The van der Waals surface area contributed by atoms with E-state index in [4.69, 9.17) is 4.74 Å². The number of anilines is 3. The standard InChI is InChI=1S/C17H19N9O/c1-2-4-14-13(3-1)20-15-12(16-22-23-24-26(14)16)11-19-17(21-15)18-5-6-25-7-9-27-10-8-25/h1-4,11H,5-10H2,(H2,18,19,20,21). The van der Waals surface area contributed by atoms with Crippen molar-refractivity contribution < 1.29 is 4.74 Å². The average molecular weight is 365 g/mol. The number of morpholine rings is 1. The summed E-state index contributed by atoms with van der Waals surface area (Å²) < 4.78 is 7.07. The van der Waals surface area contributed by atoms with Crippen LogP contribution >= 0.6 is 0 Å². The zero-order chi connectivity index (χ0) is 18.1. The number of rotatable bonds is 4. The van der Waals surface area contributed by atoms with E-state index in [2.05, 4.69) is 41.0 Å². The molecule has 4 heterocycles. The average Bonchev–Trinajstić information content (AvgIpc) is 3.14. The minimum atomic E-state index is 0.577. The third-order valence-corrected chi connectivity index (χ3v) is 4.70. The van der Waals surface area contributed by atoms with Gasteiger partial charge in [0.05, 0.1) is 30.2 Å². The second kappa shape index (κ2) is 6.89. The van der Waals surface area contributed by atoms with Gasteiger partial charge < -0.3 is 15.4 Å². The zero-order valence-corrected chi connectivity index (χ0v) is 14.7. The Hall–Kier alpha value is -3.11. The molecule has 10 nitrogen and oxygen atoms in total. The predicted molar refractivity (Wildman–Crippen MR) is 99.2 cm³/mol. The van der Waals surface area contributed by atoms with Crippen molar-refractivity contribution in [1.29, 1.82) is 0 Å². The monoisotopic (exact) mass is 365 g/mol. The van der Waals surface area contributed by atoms with Crippen LogP contribution in [0.15, 0.2) is 30.5 Å². The van der Waals surface area contributed by atoms with Crippen molar-refractivity contribution in [2.45, 2.75) is 0 Å². The first-order valence-electron chi connectivity index (χ1n) is 8.95. The third-order valence-electron chi connectivity index (χ3n) is 4.70. The van der Waals surface area contributed by atoms with Gasteiger partial charge in [0.2, 0.25) is 5.95 Å². The Balaban J connectivity index is 1.39.